The standard InChI is InChI=1S/C22H22N4O/c27-22(16-6-10-20(23-13-16)15-4-2-1-3-5-15)26(18-7-8-18)19-9-11-21-17(12-19)14-24-25-21/h1-6,10,13-14,18-19H,7-9,11-12H2,(H,24,25). The van der Waals surface area contributed by atoms with Crippen LogP contribution in [0.15, 0.2) is 54.9 Å². The molecular formula is C22H22N4O. The van der Waals surface area contributed by atoms with Crippen LogP contribution in [-0.4, -0.2) is 38.1 Å². The molecule has 1 atom stereocenters. The molecule has 5 heteroatoms. The maximum Gasteiger partial charge on any atom is 0.255 e. The first-order chi connectivity index (χ1) is 13.3. The second-order valence-corrected chi connectivity index (χ2v) is 7.51. The van der Waals surface area contributed by atoms with Gasteiger partial charge in [-0.25, -0.2) is 0 Å². The Balaban J connectivity index is 1.38. The smallest absolute Gasteiger partial charge is 0.255 e. The van der Waals surface area contributed by atoms with Crippen LogP contribution >= 0.6 is 0 Å². The van der Waals surface area contributed by atoms with E-state index < -0.39 is 0 Å². The molecule has 5 rings (SSSR count). The molecule has 1 unspecified atom stereocenters. The highest BCUT2D eigenvalue weighted by Crippen LogP contribution is 2.34. The van der Waals surface area contributed by atoms with E-state index in [0.717, 1.165) is 43.4 Å². The van der Waals surface area contributed by atoms with E-state index in [1.165, 1.54) is 11.3 Å². The van der Waals surface area contributed by atoms with E-state index in [4.69, 9.17) is 0 Å². The third-order valence-corrected chi connectivity index (χ3v) is 5.64. The van der Waals surface area contributed by atoms with Gasteiger partial charge in [0.25, 0.3) is 5.91 Å². The zero-order valence-electron chi connectivity index (χ0n) is 15.1. The van der Waals surface area contributed by atoms with Gasteiger partial charge in [-0.05, 0) is 49.8 Å². The second kappa shape index (κ2) is 6.65. The molecule has 0 saturated heterocycles. The van der Waals surface area contributed by atoms with E-state index in [1.54, 1.807) is 6.20 Å². The summed E-state index contributed by atoms with van der Waals surface area (Å²) >= 11 is 0. The first kappa shape index (κ1) is 16.2. The number of carbonyl (C=O) groups is 1. The van der Waals surface area contributed by atoms with Gasteiger partial charge in [-0.2, -0.15) is 5.10 Å². The van der Waals surface area contributed by atoms with Crippen molar-refractivity contribution in [3.05, 3.63) is 71.7 Å². The van der Waals surface area contributed by atoms with Gasteiger partial charge in [-0.3, -0.25) is 14.9 Å². The van der Waals surface area contributed by atoms with Crippen LogP contribution in [0.4, 0.5) is 0 Å². The molecule has 1 N–H and O–H groups in total. The number of benzene rings is 1. The van der Waals surface area contributed by atoms with E-state index >= 15 is 0 Å². The zero-order chi connectivity index (χ0) is 18.2. The van der Waals surface area contributed by atoms with E-state index in [2.05, 4.69) is 20.1 Å². The number of fused-ring (bicyclic) bond motifs is 1. The number of aromatic nitrogens is 3. The molecule has 1 fully saturated rings. The molecule has 0 aliphatic heterocycles. The Kier molecular flexibility index (Phi) is 4.00. The van der Waals surface area contributed by atoms with E-state index in [-0.39, 0.29) is 11.9 Å². The van der Waals surface area contributed by atoms with Crippen LogP contribution in [-0.2, 0) is 12.8 Å². The number of H-pyrrole nitrogens is 1. The predicted molar refractivity (Wildman–Crippen MR) is 103 cm³/mol. The average molecular weight is 358 g/mol. The van der Waals surface area contributed by atoms with E-state index in [9.17, 15) is 4.79 Å². The monoisotopic (exact) mass is 358 g/mol. The summed E-state index contributed by atoms with van der Waals surface area (Å²) in [6.45, 7) is 0. The summed E-state index contributed by atoms with van der Waals surface area (Å²) in [5.74, 6) is 0.113. The summed E-state index contributed by atoms with van der Waals surface area (Å²) in [5.41, 5.74) is 5.12. The summed E-state index contributed by atoms with van der Waals surface area (Å²) in [6, 6.07) is 14.5. The average Bonchev–Trinajstić information content (AvgIpc) is 3.44. The number of nitrogens with zero attached hydrogens (tertiary/aromatic N) is 3. The Bertz CT molecular complexity index is 944. The largest absolute Gasteiger partial charge is 0.332 e. The number of rotatable bonds is 4. The molecule has 0 bridgehead atoms. The first-order valence-electron chi connectivity index (χ1n) is 9.65. The number of nitrogens with one attached hydrogen (secondary N) is 1. The quantitative estimate of drug-likeness (QED) is 0.775. The van der Waals surface area contributed by atoms with E-state index in [1.807, 2.05) is 48.7 Å². The topological polar surface area (TPSA) is 61.9 Å². The summed E-state index contributed by atoms with van der Waals surface area (Å²) in [4.78, 5) is 19.9. The SMILES string of the molecule is O=C(c1ccc(-c2ccccc2)nc1)N(C1CC1)C1CCc2[nH]ncc2C1. The van der Waals surface area contributed by atoms with Gasteiger partial charge in [0.05, 0.1) is 17.5 Å². The van der Waals surface area contributed by atoms with Crippen LogP contribution in [0.1, 0.15) is 40.9 Å². The molecule has 3 aromatic rings. The van der Waals surface area contributed by atoms with Crippen LogP contribution in [0.3, 0.4) is 0 Å². The van der Waals surface area contributed by atoms with Crippen LogP contribution in [0.5, 0.6) is 0 Å². The lowest BCUT2D eigenvalue weighted by atomic mass is 9.92. The molecule has 1 amide bonds. The number of hydrogen-bond donors (Lipinski definition) is 1. The minimum absolute atomic E-state index is 0.113. The second-order valence-electron chi connectivity index (χ2n) is 7.51. The lowest BCUT2D eigenvalue weighted by Crippen LogP contribution is -2.44. The zero-order valence-corrected chi connectivity index (χ0v) is 15.1. The number of amides is 1. The van der Waals surface area contributed by atoms with Crippen molar-refractivity contribution < 1.29 is 4.79 Å². The molecule has 1 saturated carbocycles. The molecule has 2 aliphatic rings. The summed E-state index contributed by atoms with van der Waals surface area (Å²) < 4.78 is 0. The van der Waals surface area contributed by atoms with Gasteiger partial charge < -0.3 is 4.90 Å². The molecule has 1 aromatic carbocycles. The van der Waals surface area contributed by atoms with Crippen molar-refractivity contribution in [2.24, 2.45) is 0 Å². The first-order valence-corrected chi connectivity index (χ1v) is 9.65. The van der Waals surface area contributed by atoms with Gasteiger partial charge in [0, 0.05) is 29.5 Å². The van der Waals surface area contributed by atoms with Gasteiger partial charge in [0.1, 0.15) is 0 Å². The number of aromatic amines is 1. The van der Waals surface area contributed by atoms with Crippen LogP contribution in [0.2, 0.25) is 0 Å². The highest BCUT2D eigenvalue weighted by Gasteiger charge is 2.39. The van der Waals surface area contributed by atoms with Crippen molar-refractivity contribution in [2.75, 3.05) is 0 Å². The van der Waals surface area contributed by atoms with Crippen molar-refractivity contribution in [3.8, 4) is 11.3 Å². The Morgan fingerprint density at radius 1 is 1.00 bits per heavy atom. The van der Waals surface area contributed by atoms with Crippen molar-refractivity contribution >= 4 is 5.91 Å². The summed E-state index contributed by atoms with van der Waals surface area (Å²) in [6.07, 6.45) is 8.70. The maximum absolute atomic E-state index is 13.3. The molecule has 136 valence electrons. The molecule has 5 nitrogen and oxygen atoms in total. The molecule has 27 heavy (non-hydrogen) atoms. The highest BCUT2D eigenvalue weighted by atomic mass is 16.2. The van der Waals surface area contributed by atoms with Crippen LogP contribution in [0.25, 0.3) is 11.3 Å². The minimum Gasteiger partial charge on any atom is -0.332 e. The van der Waals surface area contributed by atoms with Crippen molar-refractivity contribution in [1.82, 2.24) is 20.1 Å². The molecule has 2 aliphatic carbocycles. The van der Waals surface area contributed by atoms with Gasteiger partial charge in [0.15, 0.2) is 0 Å². The fraction of sp³-hybridized carbons (Fsp3) is 0.318. The maximum atomic E-state index is 13.3. The lowest BCUT2D eigenvalue weighted by Gasteiger charge is -2.34. The van der Waals surface area contributed by atoms with Crippen LogP contribution in [0, 0.1) is 0 Å². The Morgan fingerprint density at radius 3 is 2.59 bits per heavy atom. The summed E-state index contributed by atoms with van der Waals surface area (Å²) in [5, 5.41) is 7.24. The minimum atomic E-state index is 0.113. The normalized spacial score (nSPS) is 18.7. The Hall–Kier alpha value is -2.95. The molecule has 0 spiro atoms. The fourth-order valence-electron chi connectivity index (χ4n) is 4.07. The third-order valence-electron chi connectivity index (χ3n) is 5.64. The van der Waals surface area contributed by atoms with Gasteiger partial charge in [0.2, 0.25) is 0 Å². The van der Waals surface area contributed by atoms with Crippen molar-refractivity contribution in [3.63, 3.8) is 0 Å². The Labute approximate surface area is 158 Å². The number of pyridine rings is 1. The number of aryl methyl sites for hydroxylation is 1. The van der Waals surface area contributed by atoms with E-state index in [0.29, 0.717) is 11.6 Å². The number of carbonyl (C=O) groups excluding carboxylic acids is 1. The lowest BCUT2D eigenvalue weighted by molar-refractivity contribution is 0.0642. The summed E-state index contributed by atoms with van der Waals surface area (Å²) in [7, 11) is 0. The third kappa shape index (κ3) is 3.14. The van der Waals surface area contributed by atoms with Crippen molar-refractivity contribution in [1.29, 1.82) is 0 Å². The number of hydrogen-bond acceptors (Lipinski definition) is 3. The van der Waals surface area contributed by atoms with Crippen molar-refractivity contribution in [2.45, 2.75) is 44.2 Å². The molecular weight excluding hydrogens is 336 g/mol. The predicted octanol–water partition coefficient (Wildman–Crippen LogP) is 3.63. The highest BCUT2D eigenvalue weighted by molar-refractivity contribution is 5.95. The van der Waals surface area contributed by atoms with Gasteiger partial charge >= 0.3 is 0 Å². The Morgan fingerprint density at radius 2 is 1.85 bits per heavy atom. The molecule has 2 heterocycles. The van der Waals surface area contributed by atoms with Crippen LogP contribution < -0.4 is 0 Å². The van der Waals surface area contributed by atoms with Gasteiger partial charge in [-0.15, -0.1) is 0 Å². The van der Waals surface area contributed by atoms with Gasteiger partial charge in [-0.1, -0.05) is 30.3 Å². The fourth-order valence-corrected chi connectivity index (χ4v) is 4.07. The molecule has 0 radical (unpaired) electrons. The molecule has 2 aromatic heterocycles.